The molecule has 0 aromatic carbocycles. The first-order valence-corrected chi connectivity index (χ1v) is 46.7. The quantitative estimate of drug-likeness (QED) is 0.0222. The third-order valence-corrected chi connectivity index (χ3v) is 21.7. The standard InChI is InChI=1S/C85H166O17P2/c1-75(2)61-53-45-37-29-23-17-12-9-10-14-21-27-33-43-51-59-67-84(89)101-80(71-95-82(87)65-57-49-41-32-26-20-15-11-13-18-24-30-38-46-54-62-76(3)4)73-99-103(91,92)97-69-79(86)70-98-104(93,94)100-74-81(72-96-83(88)66-58-50-42-36-35-40-48-56-64-78(7)8)102-85(90)68-60-52-44-34-28-22-16-19-25-31-39-47-55-63-77(5)6/h75-81,86H,9-74H2,1-8H3,(H,91,92)(H,93,94)/t79-,80-,81-/m1/s1. The zero-order chi connectivity index (χ0) is 76.7. The third kappa shape index (κ3) is 78.2. The number of hydrogen-bond donors (Lipinski definition) is 3. The van der Waals surface area contributed by atoms with Crippen molar-refractivity contribution in [2.45, 2.75) is 459 Å². The molecule has 0 saturated heterocycles. The molecule has 0 heterocycles. The van der Waals surface area contributed by atoms with Gasteiger partial charge in [-0.2, -0.15) is 0 Å². The number of carbonyl (C=O) groups is 4. The van der Waals surface area contributed by atoms with Crippen LogP contribution in [-0.2, 0) is 65.4 Å². The Hall–Kier alpha value is -1.94. The lowest BCUT2D eigenvalue weighted by Gasteiger charge is -2.21. The number of aliphatic hydroxyl groups excluding tert-OH is 1. The van der Waals surface area contributed by atoms with Crippen LogP contribution in [0.4, 0.5) is 0 Å². The molecule has 0 aliphatic rings. The summed E-state index contributed by atoms with van der Waals surface area (Å²) < 4.78 is 68.9. The van der Waals surface area contributed by atoms with Crippen molar-refractivity contribution < 1.29 is 80.2 Å². The monoisotopic (exact) mass is 1520 g/mol. The van der Waals surface area contributed by atoms with Gasteiger partial charge in [0.1, 0.15) is 19.3 Å². The molecule has 0 aliphatic carbocycles. The molecule has 0 radical (unpaired) electrons. The van der Waals surface area contributed by atoms with Gasteiger partial charge in [-0.25, -0.2) is 9.13 Å². The molecule has 0 fully saturated rings. The summed E-state index contributed by atoms with van der Waals surface area (Å²) in [5.74, 6) is 1.02. The molecule has 618 valence electrons. The van der Waals surface area contributed by atoms with Gasteiger partial charge >= 0.3 is 39.5 Å². The maximum Gasteiger partial charge on any atom is 0.472 e. The highest BCUT2D eigenvalue weighted by molar-refractivity contribution is 7.47. The highest BCUT2D eigenvalue weighted by Gasteiger charge is 2.30. The van der Waals surface area contributed by atoms with Crippen LogP contribution in [0.25, 0.3) is 0 Å². The Morgan fingerprint density at radius 2 is 0.404 bits per heavy atom. The Labute approximate surface area is 638 Å². The topological polar surface area (TPSA) is 237 Å². The number of unbranched alkanes of at least 4 members (excludes halogenated alkanes) is 48. The fraction of sp³-hybridized carbons (Fsp3) is 0.953. The minimum atomic E-state index is -4.97. The zero-order valence-electron chi connectivity index (χ0n) is 68.7. The molecular formula is C85H166O17P2. The Bertz CT molecular complexity index is 2020. The molecule has 0 rings (SSSR count). The first-order chi connectivity index (χ1) is 50.1. The number of hydrogen-bond acceptors (Lipinski definition) is 15. The summed E-state index contributed by atoms with van der Waals surface area (Å²) in [4.78, 5) is 73.2. The van der Waals surface area contributed by atoms with E-state index in [1.165, 1.54) is 244 Å². The average Bonchev–Trinajstić information content (AvgIpc) is 0.904. The Morgan fingerprint density at radius 3 is 0.596 bits per heavy atom. The van der Waals surface area contributed by atoms with E-state index in [0.29, 0.717) is 25.7 Å². The van der Waals surface area contributed by atoms with Gasteiger partial charge in [0.05, 0.1) is 26.4 Å². The zero-order valence-corrected chi connectivity index (χ0v) is 70.5. The molecule has 5 atom stereocenters. The van der Waals surface area contributed by atoms with Crippen LogP contribution in [0.5, 0.6) is 0 Å². The molecule has 0 amide bonds. The van der Waals surface area contributed by atoms with E-state index in [9.17, 15) is 43.2 Å². The number of ether oxygens (including phenoxy) is 4. The lowest BCUT2D eigenvalue weighted by molar-refractivity contribution is -0.161. The second kappa shape index (κ2) is 73.8. The summed E-state index contributed by atoms with van der Waals surface area (Å²) in [7, 11) is -9.93. The first kappa shape index (κ1) is 102. The van der Waals surface area contributed by atoms with E-state index in [4.69, 9.17) is 37.0 Å². The van der Waals surface area contributed by atoms with Crippen molar-refractivity contribution in [1.29, 1.82) is 0 Å². The second-order valence-corrected chi connectivity index (χ2v) is 35.4. The van der Waals surface area contributed by atoms with E-state index in [1.807, 2.05) is 0 Å². The van der Waals surface area contributed by atoms with Crippen LogP contribution in [0.1, 0.15) is 441 Å². The van der Waals surface area contributed by atoms with Crippen LogP contribution in [0.3, 0.4) is 0 Å². The van der Waals surface area contributed by atoms with Gasteiger partial charge in [0.2, 0.25) is 0 Å². The van der Waals surface area contributed by atoms with Gasteiger partial charge in [-0.05, 0) is 49.4 Å². The Kier molecular flexibility index (Phi) is 72.5. The second-order valence-electron chi connectivity index (χ2n) is 32.5. The van der Waals surface area contributed by atoms with Crippen LogP contribution >= 0.6 is 15.6 Å². The molecule has 3 N–H and O–H groups in total. The van der Waals surface area contributed by atoms with Crippen molar-refractivity contribution in [3.8, 4) is 0 Å². The van der Waals surface area contributed by atoms with Crippen LogP contribution < -0.4 is 0 Å². The summed E-state index contributed by atoms with van der Waals surface area (Å²) in [6.45, 7) is 14.3. The summed E-state index contributed by atoms with van der Waals surface area (Å²) in [5.41, 5.74) is 0. The maximum absolute atomic E-state index is 13.1. The molecule has 0 spiro atoms. The van der Waals surface area contributed by atoms with E-state index in [-0.39, 0.29) is 25.7 Å². The van der Waals surface area contributed by atoms with Gasteiger partial charge in [0.25, 0.3) is 0 Å². The predicted octanol–water partition coefficient (Wildman–Crippen LogP) is 25.6. The SMILES string of the molecule is CC(C)CCCCCCCCCCCCCCCCCCC(=O)O[C@H](COC(=O)CCCCCCCCCCCCCCCCCC(C)C)COP(=O)(O)OC[C@@H](O)COP(=O)(O)OC[C@@H](COC(=O)CCCCCCCCCCC(C)C)OC(=O)CCCCCCCCCCCCCCCC(C)C. The van der Waals surface area contributed by atoms with Gasteiger partial charge in [-0.15, -0.1) is 0 Å². The number of carbonyl (C=O) groups excluding carboxylic acids is 4. The highest BCUT2D eigenvalue weighted by atomic mass is 31.2. The van der Waals surface area contributed by atoms with Crippen molar-refractivity contribution in [2.24, 2.45) is 23.7 Å². The van der Waals surface area contributed by atoms with Crippen molar-refractivity contribution in [3.05, 3.63) is 0 Å². The Morgan fingerprint density at radius 1 is 0.240 bits per heavy atom. The van der Waals surface area contributed by atoms with Crippen molar-refractivity contribution in [2.75, 3.05) is 39.6 Å². The van der Waals surface area contributed by atoms with E-state index in [2.05, 4.69) is 55.4 Å². The molecule has 0 aromatic rings. The molecule has 0 aromatic heterocycles. The molecule has 0 aliphatic heterocycles. The Balaban J connectivity index is 5.25. The minimum absolute atomic E-state index is 0.107. The molecule has 0 bridgehead atoms. The molecule has 19 heteroatoms. The van der Waals surface area contributed by atoms with Gasteiger partial charge < -0.3 is 33.8 Å². The lowest BCUT2D eigenvalue weighted by atomic mass is 10.0. The molecule has 104 heavy (non-hydrogen) atoms. The van der Waals surface area contributed by atoms with Gasteiger partial charge in [-0.3, -0.25) is 37.3 Å². The van der Waals surface area contributed by atoms with E-state index < -0.39 is 97.5 Å². The number of esters is 4. The molecule has 2 unspecified atom stereocenters. The maximum atomic E-state index is 13.1. The van der Waals surface area contributed by atoms with Crippen LogP contribution in [-0.4, -0.2) is 96.7 Å². The van der Waals surface area contributed by atoms with Gasteiger partial charge in [0.15, 0.2) is 12.2 Å². The number of phosphoric acid groups is 2. The lowest BCUT2D eigenvalue weighted by Crippen LogP contribution is -2.30. The number of rotatable bonds is 82. The molecule has 17 nitrogen and oxygen atoms in total. The highest BCUT2D eigenvalue weighted by Crippen LogP contribution is 2.45. The van der Waals surface area contributed by atoms with E-state index in [1.54, 1.807) is 0 Å². The average molecular weight is 1520 g/mol. The van der Waals surface area contributed by atoms with E-state index in [0.717, 1.165) is 114 Å². The van der Waals surface area contributed by atoms with Crippen LogP contribution in [0.2, 0.25) is 0 Å². The summed E-state index contributed by atoms with van der Waals surface area (Å²) >= 11 is 0. The number of phosphoric ester groups is 2. The summed E-state index contributed by atoms with van der Waals surface area (Å²) in [6, 6.07) is 0. The van der Waals surface area contributed by atoms with Crippen LogP contribution in [0, 0.1) is 23.7 Å². The normalized spacial score (nSPS) is 14.0. The predicted molar refractivity (Wildman–Crippen MR) is 428 cm³/mol. The molecule has 0 saturated carbocycles. The third-order valence-electron chi connectivity index (χ3n) is 19.8. The number of aliphatic hydroxyl groups is 1. The van der Waals surface area contributed by atoms with Crippen molar-refractivity contribution >= 4 is 39.5 Å². The van der Waals surface area contributed by atoms with E-state index >= 15 is 0 Å². The van der Waals surface area contributed by atoms with Gasteiger partial charge in [0, 0.05) is 25.7 Å². The summed E-state index contributed by atoms with van der Waals surface area (Å²) in [6.07, 6.45) is 62.5. The fourth-order valence-corrected chi connectivity index (χ4v) is 14.7. The smallest absolute Gasteiger partial charge is 0.462 e. The molecular weight excluding hydrogens is 1350 g/mol. The summed E-state index contributed by atoms with van der Waals surface area (Å²) in [5, 5.41) is 10.7. The van der Waals surface area contributed by atoms with Crippen LogP contribution in [0.15, 0.2) is 0 Å². The minimum Gasteiger partial charge on any atom is -0.462 e. The first-order valence-electron chi connectivity index (χ1n) is 43.7. The fourth-order valence-electron chi connectivity index (χ4n) is 13.1. The van der Waals surface area contributed by atoms with Crippen molar-refractivity contribution in [1.82, 2.24) is 0 Å². The van der Waals surface area contributed by atoms with Crippen molar-refractivity contribution in [3.63, 3.8) is 0 Å². The largest absolute Gasteiger partial charge is 0.472 e. The van der Waals surface area contributed by atoms with Gasteiger partial charge in [-0.1, -0.05) is 389 Å².